The molecule has 14 heavy (non-hydrogen) atoms. The zero-order valence-corrected chi connectivity index (χ0v) is 7.99. The van der Waals surface area contributed by atoms with Crippen molar-refractivity contribution in [1.29, 1.82) is 0 Å². The Kier molecular flexibility index (Phi) is 4.39. The van der Waals surface area contributed by atoms with Crippen molar-refractivity contribution in [3.05, 3.63) is 0 Å². The Morgan fingerprint density at radius 2 is 2.29 bits per heavy atom. The van der Waals surface area contributed by atoms with E-state index in [1.165, 1.54) is 0 Å². The lowest BCUT2D eigenvalue weighted by atomic mass is 10.0. The van der Waals surface area contributed by atoms with Crippen molar-refractivity contribution in [3.63, 3.8) is 0 Å². The number of ether oxygens (including phenoxy) is 1. The summed E-state index contributed by atoms with van der Waals surface area (Å²) in [6.45, 7) is 1.97. The van der Waals surface area contributed by atoms with Gasteiger partial charge in [-0.25, -0.2) is 0 Å². The molecule has 0 spiro atoms. The van der Waals surface area contributed by atoms with Gasteiger partial charge in [0.25, 0.3) is 0 Å². The summed E-state index contributed by atoms with van der Waals surface area (Å²) in [6.07, 6.45) is 1.60. The van der Waals surface area contributed by atoms with E-state index < -0.39 is 18.3 Å². The third kappa shape index (κ3) is 4.23. The molecule has 0 aromatic rings. The second-order valence-corrected chi connectivity index (χ2v) is 3.46. The Hall–Kier alpha value is -1.10. The normalized spacial score (nSPS) is 21.6. The minimum absolute atomic E-state index is 0.335. The quantitative estimate of drug-likeness (QED) is 0.628. The number of aliphatic carboxylic acids is 1. The van der Waals surface area contributed by atoms with Crippen LogP contribution in [0.5, 0.6) is 0 Å². The van der Waals surface area contributed by atoms with Crippen LogP contribution in [0.4, 0.5) is 0 Å². The first-order valence-electron chi connectivity index (χ1n) is 4.74. The summed E-state index contributed by atoms with van der Waals surface area (Å²) in [5, 5.41) is 10.9. The highest BCUT2D eigenvalue weighted by atomic mass is 16.5. The predicted octanol–water partition coefficient (Wildman–Crippen LogP) is 0.00390. The fraction of sp³-hybridized carbons (Fsp3) is 0.778. The third-order valence-electron chi connectivity index (χ3n) is 2.15. The lowest BCUT2D eigenvalue weighted by molar-refractivity contribution is -0.140. The van der Waals surface area contributed by atoms with E-state index in [4.69, 9.17) is 9.84 Å². The summed E-state index contributed by atoms with van der Waals surface area (Å²) in [5.41, 5.74) is 0. The lowest BCUT2D eigenvalue weighted by Gasteiger charge is -2.21. The molecule has 0 aromatic heterocycles. The molecule has 5 heteroatoms. The van der Waals surface area contributed by atoms with Crippen LogP contribution in [0.2, 0.25) is 0 Å². The summed E-state index contributed by atoms with van der Waals surface area (Å²) in [6, 6.07) is 0. The molecule has 80 valence electrons. The van der Waals surface area contributed by atoms with E-state index in [0.717, 1.165) is 19.4 Å². The number of carbonyl (C=O) groups excluding carboxylic acids is 1. The van der Waals surface area contributed by atoms with Crippen molar-refractivity contribution in [2.24, 2.45) is 5.92 Å². The first kappa shape index (κ1) is 11.0. The average molecular weight is 201 g/mol. The van der Waals surface area contributed by atoms with E-state index in [-0.39, 0.29) is 0 Å². The highest BCUT2D eigenvalue weighted by Crippen LogP contribution is 2.11. The number of carboxylic acid groups (broad SMARTS) is 1. The smallest absolute Gasteiger partial charge is 0.312 e. The summed E-state index contributed by atoms with van der Waals surface area (Å²) in [4.78, 5) is 21.1. The van der Waals surface area contributed by atoms with E-state index >= 15 is 0 Å². The van der Waals surface area contributed by atoms with Crippen LogP contribution in [0.25, 0.3) is 0 Å². The van der Waals surface area contributed by atoms with Crippen molar-refractivity contribution in [3.8, 4) is 0 Å². The Morgan fingerprint density at radius 3 is 2.86 bits per heavy atom. The van der Waals surface area contributed by atoms with Crippen LogP contribution >= 0.6 is 0 Å². The fourth-order valence-electron chi connectivity index (χ4n) is 1.43. The second kappa shape index (κ2) is 5.59. The number of rotatable bonds is 4. The van der Waals surface area contributed by atoms with Crippen LogP contribution in [0.1, 0.15) is 19.3 Å². The largest absolute Gasteiger partial charge is 0.481 e. The van der Waals surface area contributed by atoms with Crippen molar-refractivity contribution in [2.45, 2.75) is 19.3 Å². The van der Waals surface area contributed by atoms with Gasteiger partial charge in [0.2, 0.25) is 5.91 Å². The number of amides is 1. The van der Waals surface area contributed by atoms with E-state index in [9.17, 15) is 9.59 Å². The Morgan fingerprint density at radius 1 is 1.50 bits per heavy atom. The molecule has 1 unspecified atom stereocenters. The molecule has 0 aliphatic carbocycles. The summed E-state index contributed by atoms with van der Waals surface area (Å²) in [5.74, 6) is -1.19. The topological polar surface area (TPSA) is 75.6 Å². The second-order valence-electron chi connectivity index (χ2n) is 3.46. The van der Waals surface area contributed by atoms with Gasteiger partial charge in [-0.1, -0.05) is 0 Å². The van der Waals surface area contributed by atoms with E-state index in [1.54, 1.807) is 0 Å². The van der Waals surface area contributed by atoms with Crippen LogP contribution in [0, 0.1) is 5.92 Å². The van der Waals surface area contributed by atoms with Crippen molar-refractivity contribution >= 4 is 11.9 Å². The van der Waals surface area contributed by atoms with Crippen LogP contribution in [-0.4, -0.2) is 36.7 Å². The molecule has 1 rings (SSSR count). The predicted molar refractivity (Wildman–Crippen MR) is 48.8 cm³/mol. The van der Waals surface area contributed by atoms with Gasteiger partial charge < -0.3 is 15.2 Å². The highest BCUT2D eigenvalue weighted by Gasteiger charge is 2.15. The first-order valence-corrected chi connectivity index (χ1v) is 4.74. The molecule has 1 aliphatic rings. The molecule has 0 saturated carbocycles. The molecule has 1 aliphatic heterocycles. The maximum Gasteiger partial charge on any atom is 0.312 e. The van der Waals surface area contributed by atoms with E-state index in [1.807, 2.05) is 0 Å². The molecular weight excluding hydrogens is 186 g/mol. The standard InChI is InChI=1S/C9H15NO4/c11-8(4-9(12)13)10-5-7-2-1-3-14-6-7/h7H,1-6H2,(H,10,11)(H,12,13). The Bertz CT molecular complexity index is 211. The van der Waals surface area contributed by atoms with Crippen molar-refractivity contribution < 1.29 is 19.4 Å². The van der Waals surface area contributed by atoms with Gasteiger partial charge in [-0.15, -0.1) is 0 Å². The minimum Gasteiger partial charge on any atom is -0.481 e. The van der Waals surface area contributed by atoms with Gasteiger partial charge in [0.05, 0.1) is 6.61 Å². The van der Waals surface area contributed by atoms with Crippen LogP contribution in [0.3, 0.4) is 0 Å². The maximum absolute atomic E-state index is 11.0. The van der Waals surface area contributed by atoms with Crippen molar-refractivity contribution in [1.82, 2.24) is 5.32 Å². The molecule has 2 N–H and O–H groups in total. The third-order valence-corrected chi connectivity index (χ3v) is 2.15. The van der Waals surface area contributed by atoms with Gasteiger partial charge in [-0.05, 0) is 18.8 Å². The van der Waals surface area contributed by atoms with E-state index in [0.29, 0.717) is 19.1 Å². The fourth-order valence-corrected chi connectivity index (χ4v) is 1.43. The van der Waals surface area contributed by atoms with Gasteiger partial charge in [-0.3, -0.25) is 9.59 Å². The molecule has 1 saturated heterocycles. The van der Waals surface area contributed by atoms with Gasteiger partial charge in [0, 0.05) is 13.2 Å². The number of hydrogen-bond acceptors (Lipinski definition) is 3. The molecule has 0 radical (unpaired) electrons. The lowest BCUT2D eigenvalue weighted by Crippen LogP contribution is -2.34. The summed E-state index contributed by atoms with van der Waals surface area (Å²) in [7, 11) is 0. The number of nitrogens with one attached hydrogen (secondary N) is 1. The Balaban J connectivity index is 2.12. The molecule has 5 nitrogen and oxygen atoms in total. The molecule has 1 atom stereocenters. The number of hydrogen-bond donors (Lipinski definition) is 2. The van der Waals surface area contributed by atoms with Crippen LogP contribution in [0.15, 0.2) is 0 Å². The zero-order chi connectivity index (χ0) is 10.4. The molecule has 0 aromatic carbocycles. The van der Waals surface area contributed by atoms with Crippen molar-refractivity contribution in [2.75, 3.05) is 19.8 Å². The van der Waals surface area contributed by atoms with Crippen LogP contribution in [-0.2, 0) is 14.3 Å². The number of carboxylic acids is 1. The number of carbonyl (C=O) groups is 2. The average Bonchev–Trinajstić information content (AvgIpc) is 2.15. The van der Waals surface area contributed by atoms with Gasteiger partial charge in [0.15, 0.2) is 0 Å². The molecule has 1 amide bonds. The van der Waals surface area contributed by atoms with Gasteiger partial charge >= 0.3 is 5.97 Å². The SMILES string of the molecule is O=C(O)CC(=O)NCC1CCCOC1. The summed E-state index contributed by atoms with van der Waals surface area (Å²) >= 11 is 0. The van der Waals surface area contributed by atoms with Gasteiger partial charge in [0.1, 0.15) is 6.42 Å². The zero-order valence-electron chi connectivity index (χ0n) is 7.99. The highest BCUT2D eigenvalue weighted by molar-refractivity contribution is 5.93. The first-order chi connectivity index (χ1) is 6.68. The molecule has 1 heterocycles. The van der Waals surface area contributed by atoms with Gasteiger partial charge in [-0.2, -0.15) is 0 Å². The minimum atomic E-state index is -1.10. The Labute approximate surface area is 82.4 Å². The molecular formula is C9H15NO4. The molecule has 0 bridgehead atoms. The molecule has 1 fully saturated rings. The maximum atomic E-state index is 11.0. The summed E-state index contributed by atoms with van der Waals surface area (Å²) < 4.78 is 5.23. The monoisotopic (exact) mass is 201 g/mol. The van der Waals surface area contributed by atoms with Crippen LogP contribution < -0.4 is 5.32 Å². The van der Waals surface area contributed by atoms with E-state index in [2.05, 4.69) is 5.32 Å².